The van der Waals surface area contributed by atoms with Gasteiger partial charge in [0.15, 0.2) is 0 Å². The number of hydrogen-bond acceptors (Lipinski definition) is 4. The van der Waals surface area contributed by atoms with Gasteiger partial charge in [0.05, 0.1) is 12.2 Å². The Hall–Kier alpha value is -2.36. The smallest absolute Gasteiger partial charge is 0.340 e. The second kappa shape index (κ2) is 8.15. The average molecular weight is 455 g/mol. The minimum Gasteiger partial charge on any atom is -0.462 e. The number of hydrazine groups is 1. The number of ether oxygens (including phenoxy) is 1. The van der Waals surface area contributed by atoms with E-state index in [1.54, 1.807) is 39.0 Å². The number of aromatic amines is 1. The Kier molecular flexibility index (Phi) is 6.18. The van der Waals surface area contributed by atoms with Gasteiger partial charge >= 0.3 is 5.97 Å². The van der Waals surface area contributed by atoms with Gasteiger partial charge in [-0.1, -0.05) is 6.07 Å². The molecule has 0 atom stereocenters. The molecule has 3 N–H and O–H groups in total. The van der Waals surface area contributed by atoms with Gasteiger partial charge < -0.3 is 9.72 Å². The lowest BCUT2D eigenvalue weighted by molar-refractivity contribution is 0.0524. The van der Waals surface area contributed by atoms with Crippen molar-refractivity contribution in [2.75, 3.05) is 6.61 Å². The number of esters is 1. The summed E-state index contributed by atoms with van der Waals surface area (Å²) in [5, 5.41) is 0. The summed E-state index contributed by atoms with van der Waals surface area (Å²) in [6.45, 7) is 5.28. The van der Waals surface area contributed by atoms with Crippen molar-refractivity contribution in [3.05, 3.63) is 55.9 Å². The lowest BCUT2D eigenvalue weighted by Crippen LogP contribution is -2.42. The Bertz CT molecular complexity index is 829. The number of carbonyl (C=O) groups excluding carboxylic acids is 3. The van der Waals surface area contributed by atoms with Crippen LogP contribution >= 0.6 is 22.6 Å². The number of aromatic nitrogens is 1. The van der Waals surface area contributed by atoms with Crippen LogP contribution < -0.4 is 10.9 Å². The van der Waals surface area contributed by atoms with Crippen LogP contribution in [0.1, 0.15) is 49.4 Å². The Balaban J connectivity index is 2.10. The van der Waals surface area contributed by atoms with Gasteiger partial charge in [0, 0.05) is 14.8 Å². The van der Waals surface area contributed by atoms with Gasteiger partial charge in [0.2, 0.25) is 0 Å². The van der Waals surface area contributed by atoms with E-state index in [4.69, 9.17) is 4.74 Å². The fourth-order valence-corrected chi connectivity index (χ4v) is 2.91. The van der Waals surface area contributed by atoms with Gasteiger partial charge in [-0.2, -0.15) is 0 Å². The predicted octanol–water partition coefficient (Wildman–Crippen LogP) is 2.49. The van der Waals surface area contributed by atoms with Gasteiger partial charge in [-0.05, 0) is 67.1 Å². The van der Waals surface area contributed by atoms with Crippen molar-refractivity contribution in [3.63, 3.8) is 0 Å². The minimum atomic E-state index is -0.546. The summed E-state index contributed by atoms with van der Waals surface area (Å²) in [4.78, 5) is 39.2. The van der Waals surface area contributed by atoms with Gasteiger partial charge in [-0.25, -0.2) is 4.79 Å². The van der Waals surface area contributed by atoms with Crippen molar-refractivity contribution in [1.29, 1.82) is 0 Å². The third-order valence-electron chi connectivity index (χ3n) is 3.52. The van der Waals surface area contributed by atoms with E-state index in [9.17, 15) is 14.4 Å². The van der Waals surface area contributed by atoms with E-state index in [1.165, 1.54) is 0 Å². The van der Waals surface area contributed by atoms with Crippen molar-refractivity contribution in [1.82, 2.24) is 15.8 Å². The molecule has 0 spiro atoms. The second-order valence-corrected chi connectivity index (χ2v) is 6.51. The average Bonchev–Trinajstić information content (AvgIpc) is 2.87. The molecule has 0 radical (unpaired) electrons. The maximum absolute atomic E-state index is 12.3. The number of benzene rings is 1. The van der Waals surface area contributed by atoms with Crippen molar-refractivity contribution >= 4 is 40.4 Å². The summed E-state index contributed by atoms with van der Waals surface area (Å²) >= 11 is 2.10. The zero-order chi connectivity index (χ0) is 18.6. The number of amides is 2. The van der Waals surface area contributed by atoms with E-state index < -0.39 is 17.8 Å². The number of rotatable bonds is 4. The van der Waals surface area contributed by atoms with Crippen LogP contribution in [-0.4, -0.2) is 29.4 Å². The highest BCUT2D eigenvalue weighted by atomic mass is 127. The van der Waals surface area contributed by atoms with E-state index in [0.717, 1.165) is 3.57 Å². The van der Waals surface area contributed by atoms with E-state index >= 15 is 0 Å². The Morgan fingerprint density at radius 2 is 1.84 bits per heavy atom. The number of nitrogens with one attached hydrogen (secondary N) is 3. The highest BCUT2D eigenvalue weighted by Gasteiger charge is 2.23. The molecule has 0 fully saturated rings. The lowest BCUT2D eigenvalue weighted by Gasteiger charge is -2.07. The Labute approximate surface area is 158 Å². The summed E-state index contributed by atoms with van der Waals surface area (Å²) < 4.78 is 5.90. The molecule has 0 saturated heterocycles. The Morgan fingerprint density at radius 3 is 2.48 bits per heavy atom. The summed E-state index contributed by atoms with van der Waals surface area (Å²) in [5.74, 6) is -1.47. The van der Waals surface area contributed by atoms with Gasteiger partial charge in [-0.3, -0.25) is 20.4 Å². The molecule has 7 nitrogen and oxygen atoms in total. The van der Waals surface area contributed by atoms with Crippen molar-refractivity contribution < 1.29 is 19.1 Å². The molecular formula is C17H18IN3O4. The maximum atomic E-state index is 12.3. The number of hydrogen-bond donors (Lipinski definition) is 3. The van der Waals surface area contributed by atoms with Crippen LogP contribution in [0, 0.1) is 17.4 Å². The molecule has 8 heteroatoms. The van der Waals surface area contributed by atoms with Crippen LogP contribution in [0.2, 0.25) is 0 Å². The molecule has 25 heavy (non-hydrogen) atoms. The third kappa shape index (κ3) is 4.38. The molecule has 1 heterocycles. The topological polar surface area (TPSA) is 100 Å². The molecule has 2 aromatic rings. The zero-order valence-corrected chi connectivity index (χ0v) is 16.2. The van der Waals surface area contributed by atoms with Crippen LogP contribution in [0.25, 0.3) is 0 Å². The number of H-pyrrole nitrogens is 1. The fraction of sp³-hybridized carbons (Fsp3) is 0.235. The molecule has 1 aromatic carbocycles. The maximum Gasteiger partial charge on any atom is 0.340 e. The second-order valence-electron chi connectivity index (χ2n) is 5.26. The van der Waals surface area contributed by atoms with Crippen LogP contribution in [-0.2, 0) is 4.74 Å². The molecule has 0 aliphatic heterocycles. The molecule has 1 aromatic heterocycles. The molecular weight excluding hydrogens is 437 g/mol. The molecule has 2 amide bonds. The van der Waals surface area contributed by atoms with E-state index in [0.29, 0.717) is 22.4 Å². The van der Waals surface area contributed by atoms with Crippen molar-refractivity contribution in [2.24, 2.45) is 0 Å². The highest BCUT2D eigenvalue weighted by molar-refractivity contribution is 14.1. The van der Waals surface area contributed by atoms with Crippen LogP contribution in [0.15, 0.2) is 24.3 Å². The first-order valence-corrected chi connectivity index (χ1v) is 8.65. The van der Waals surface area contributed by atoms with Crippen LogP contribution in [0.3, 0.4) is 0 Å². The number of aryl methyl sites for hydroxylation is 1. The summed E-state index contributed by atoms with van der Waals surface area (Å²) in [5.41, 5.74) is 6.66. The van der Waals surface area contributed by atoms with Crippen LogP contribution in [0.5, 0.6) is 0 Å². The van der Waals surface area contributed by atoms with Crippen molar-refractivity contribution in [2.45, 2.75) is 20.8 Å². The largest absolute Gasteiger partial charge is 0.462 e. The zero-order valence-electron chi connectivity index (χ0n) is 14.0. The normalized spacial score (nSPS) is 10.2. The van der Waals surface area contributed by atoms with E-state index in [-0.39, 0.29) is 12.3 Å². The number of carbonyl (C=O) groups is 3. The molecule has 2 rings (SSSR count). The lowest BCUT2D eigenvalue weighted by atomic mass is 10.1. The minimum absolute atomic E-state index is 0.198. The number of halogens is 1. The molecule has 132 valence electrons. The first kappa shape index (κ1) is 19.0. The Morgan fingerprint density at radius 1 is 1.16 bits per heavy atom. The summed E-state index contributed by atoms with van der Waals surface area (Å²) in [6, 6.07) is 6.96. The molecule has 0 unspecified atom stereocenters. The molecule has 0 aliphatic rings. The fourth-order valence-electron chi connectivity index (χ4n) is 2.36. The van der Waals surface area contributed by atoms with E-state index in [1.807, 2.05) is 6.07 Å². The summed E-state index contributed by atoms with van der Waals surface area (Å²) in [7, 11) is 0. The van der Waals surface area contributed by atoms with Crippen molar-refractivity contribution in [3.8, 4) is 0 Å². The first-order valence-electron chi connectivity index (χ1n) is 7.57. The van der Waals surface area contributed by atoms with Gasteiger partial charge in [0.25, 0.3) is 11.8 Å². The van der Waals surface area contributed by atoms with E-state index in [2.05, 4.69) is 38.4 Å². The molecule has 0 aliphatic carbocycles. The van der Waals surface area contributed by atoms with Gasteiger partial charge in [0.1, 0.15) is 5.69 Å². The molecule has 0 bridgehead atoms. The quantitative estimate of drug-likeness (QED) is 0.375. The van der Waals surface area contributed by atoms with Crippen LogP contribution in [0.4, 0.5) is 0 Å². The monoisotopic (exact) mass is 455 g/mol. The summed E-state index contributed by atoms with van der Waals surface area (Å²) in [6.07, 6.45) is 0. The SMILES string of the molecule is CCOC(=O)c1c(C)[nH]c(C(=O)NNC(=O)c2cccc(I)c2)c1C. The molecule has 0 saturated carbocycles. The first-order chi connectivity index (χ1) is 11.8. The van der Waals surface area contributed by atoms with Gasteiger partial charge in [-0.15, -0.1) is 0 Å². The standard InChI is InChI=1S/C17H18IN3O4/c1-4-25-17(24)13-9(2)14(19-10(13)3)16(23)21-20-15(22)11-6-5-7-12(18)8-11/h5-8,19H,4H2,1-3H3,(H,20,22)(H,21,23). The third-order valence-corrected chi connectivity index (χ3v) is 4.19. The predicted molar refractivity (Wildman–Crippen MR) is 100 cm³/mol. The highest BCUT2D eigenvalue weighted by Crippen LogP contribution is 2.19.